The normalized spacial score (nSPS) is 17.9. The van der Waals surface area contributed by atoms with Crippen LogP contribution in [-0.2, 0) is 17.9 Å². The molecule has 1 fully saturated rings. The molecule has 2 heterocycles. The molecule has 2 aliphatic heterocycles. The van der Waals surface area contributed by atoms with Crippen LogP contribution < -0.4 is 14.5 Å². The first-order chi connectivity index (χ1) is 12.2. The maximum Gasteiger partial charge on any atom is 0.189 e. The second-order valence-electron chi connectivity index (χ2n) is 6.53. The molecule has 132 valence electrons. The zero-order valence-corrected chi connectivity index (χ0v) is 15.4. The van der Waals surface area contributed by atoms with Crippen LogP contribution in [0.25, 0.3) is 0 Å². The Hall–Kier alpha value is -1.46. The maximum atomic E-state index is 6.33. The van der Waals surface area contributed by atoms with Gasteiger partial charge in [-0.2, -0.15) is 0 Å². The Morgan fingerprint density at radius 3 is 2.68 bits per heavy atom. The summed E-state index contributed by atoms with van der Waals surface area (Å²) in [5, 5.41) is 1.57. The monoisotopic (exact) mass is 379 g/mol. The molecule has 4 nitrogen and oxygen atoms in total. The number of para-hydroxylation sites is 1. The number of anilines is 1. The lowest BCUT2D eigenvalue weighted by molar-refractivity contribution is -0.914. The first-order valence-corrected chi connectivity index (χ1v) is 9.31. The molecule has 0 saturated carbocycles. The van der Waals surface area contributed by atoms with Crippen molar-refractivity contribution in [2.45, 2.75) is 13.2 Å². The van der Waals surface area contributed by atoms with Crippen LogP contribution in [0.15, 0.2) is 36.4 Å². The standard InChI is InChI=1S/C19H20Cl2N2O2/c20-16-9-14(19-15(10-16)12-24-13-25-19)11-22-5-7-23(8-6-22)18-4-2-1-3-17(18)21/h1-4,9-10H,5-8,11-13H2/p+1. The van der Waals surface area contributed by atoms with Gasteiger partial charge in [0.15, 0.2) is 6.79 Å². The fourth-order valence-electron chi connectivity index (χ4n) is 3.61. The van der Waals surface area contributed by atoms with Gasteiger partial charge in [0.1, 0.15) is 12.3 Å². The summed E-state index contributed by atoms with van der Waals surface area (Å²) in [7, 11) is 0. The topological polar surface area (TPSA) is 26.1 Å². The van der Waals surface area contributed by atoms with Gasteiger partial charge in [-0.15, -0.1) is 0 Å². The van der Waals surface area contributed by atoms with Crippen molar-refractivity contribution < 1.29 is 14.4 Å². The van der Waals surface area contributed by atoms with Gasteiger partial charge in [0.25, 0.3) is 0 Å². The molecule has 2 aromatic carbocycles. The van der Waals surface area contributed by atoms with Crippen molar-refractivity contribution in [3.63, 3.8) is 0 Å². The smallest absolute Gasteiger partial charge is 0.189 e. The van der Waals surface area contributed by atoms with E-state index in [1.807, 2.05) is 30.3 Å². The minimum absolute atomic E-state index is 0.317. The zero-order valence-electron chi connectivity index (χ0n) is 13.9. The summed E-state index contributed by atoms with van der Waals surface area (Å²) in [4.78, 5) is 3.90. The molecule has 25 heavy (non-hydrogen) atoms. The third kappa shape index (κ3) is 3.72. The summed E-state index contributed by atoms with van der Waals surface area (Å²) in [6.45, 7) is 5.90. The fraction of sp³-hybridized carbons (Fsp3) is 0.368. The minimum atomic E-state index is 0.317. The lowest BCUT2D eigenvalue weighted by Gasteiger charge is -2.34. The van der Waals surface area contributed by atoms with Gasteiger partial charge in [0.2, 0.25) is 0 Å². The third-order valence-electron chi connectivity index (χ3n) is 4.86. The van der Waals surface area contributed by atoms with E-state index in [0.717, 1.165) is 59.8 Å². The Morgan fingerprint density at radius 1 is 1.08 bits per heavy atom. The lowest BCUT2D eigenvalue weighted by Crippen LogP contribution is -3.13. The number of hydrogen-bond acceptors (Lipinski definition) is 3. The molecule has 2 aromatic rings. The van der Waals surface area contributed by atoms with Gasteiger partial charge < -0.3 is 19.3 Å². The molecule has 0 radical (unpaired) electrons. The molecule has 0 unspecified atom stereocenters. The number of piperazine rings is 1. The van der Waals surface area contributed by atoms with Gasteiger partial charge in [0.05, 0.1) is 49.1 Å². The van der Waals surface area contributed by atoms with Crippen molar-refractivity contribution in [2.24, 2.45) is 0 Å². The summed E-state index contributed by atoms with van der Waals surface area (Å²) >= 11 is 12.6. The Morgan fingerprint density at radius 2 is 1.88 bits per heavy atom. The number of hydrogen-bond donors (Lipinski definition) is 1. The Balaban J connectivity index is 1.44. The van der Waals surface area contributed by atoms with Crippen molar-refractivity contribution in [3.05, 3.63) is 57.6 Å². The summed E-state index contributed by atoms with van der Waals surface area (Å²) in [5.74, 6) is 0.955. The molecule has 6 heteroatoms. The number of ether oxygens (including phenoxy) is 2. The van der Waals surface area contributed by atoms with Crippen molar-refractivity contribution in [1.82, 2.24) is 0 Å². The predicted molar refractivity (Wildman–Crippen MR) is 99.8 cm³/mol. The molecule has 0 spiro atoms. The van der Waals surface area contributed by atoms with Crippen LogP contribution in [0.2, 0.25) is 10.0 Å². The van der Waals surface area contributed by atoms with Crippen molar-refractivity contribution in [3.8, 4) is 5.75 Å². The number of rotatable bonds is 3. The summed E-state index contributed by atoms with van der Waals surface area (Å²) in [6.07, 6.45) is 0. The van der Waals surface area contributed by atoms with Gasteiger partial charge in [-0.3, -0.25) is 0 Å². The average molecular weight is 380 g/mol. The van der Waals surface area contributed by atoms with E-state index in [4.69, 9.17) is 32.7 Å². The molecule has 0 aromatic heterocycles. The van der Waals surface area contributed by atoms with Crippen LogP contribution in [0.1, 0.15) is 11.1 Å². The first-order valence-electron chi connectivity index (χ1n) is 8.55. The average Bonchev–Trinajstić information content (AvgIpc) is 2.63. The van der Waals surface area contributed by atoms with Crippen LogP contribution in [0.4, 0.5) is 5.69 Å². The highest BCUT2D eigenvalue weighted by atomic mass is 35.5. The fourth-order valence-corrected chi connectivity index (χ4v) is 4.12. The molecule has 0 aliphatic carbocycles. The number of benzene rings is 2. The van der Waals surface area contributed by atoms with Crippen molar-refractivity contribution >= 4 is 28.9 Å². The molecule has 0 amide bonds. The highest BCUT2D eigenvalue weighted by Crippen LogP contribution is 2.31. The Bertz CT molecular complexity index is 761. The SMILES string of the molecule is Clc1cc2c(c(C[NH+]3CCN(c4ccccc4Cl)CC3)c1)OCOC2. The summed E-state index contributed by atoms with van der Waals surface area (Å²) in [6, 6.07) is 12.0. The minimum Gasteiger partial charge on any atom is -0.467 e. The van der Waals surface area contributed by atoms with Crippen LogP contribution in [0, 0.1) is 0 Å². The second kappa shape index (κ2) is 7.42. The van der Waals surface area contributed by atoms with Crippen LogP contribution in [-0.4, -0.2) is 33.0 Å². The van der Waals surface area contributed by atoms with Crippen molar-refractivity contribution in [1.29, 1.82) is 0 Å². The second-order valence-corrected chi connectivity index (χ2v) is 7.37. The number of fused-ring (bicyclic) bond motifs is 1. The number of quaternary nitrogens is 1. The maximum absolute atomic E-state index is 6.33. The van der Waals surface area contributed by atoms with E-state index >= 15 is 0 Å². The van der Waals surface area contributed by atoms with Crippen LogP contribution in [0.5, 0.6) is 5.75 Å². The predicted octanol–water partition coefficient (Wildman–Crippen LogP) is 2.77. The number of nitrogens with zero attached hydrogens (tertiary/aromatic N) is 1. The highest BCUT2D eigenvalue weighted by Gasteiger charge is 2.24. The van der Waals surface area contributed by atoms with E-state index in [0.29, 0.717) is 13.4 Å². The van der Waals surface area contributed by atoms with Crippen molar-refractivity contribution in [2.75, 3.05) is 37.9 Å². The summed E-state index contributed by atoms with van der Waals surface area (Å²) < 4.78 is 11.1. The first kappa shape index (κ1) is 17.0. The van der Waals surface area contributed by atoms with Gasteiger partial charge in [-0.05, 0) is 24.3 Å². The summed E-state index contributed by atoms with van der Waals surface area (Å²) in [5.41, 5.74) is 3.35. The van der Waals surface area contributed by atoms with Gasteiger partial charge >= 0.3 is 0 Å². The van der Waals surface area contributed by atoms with E-state index in [2.05, 4.69) is 11.0 Å². The molecule has 0 atom stereocenters. The van der Waals surface area contributed by atoms with E-state index in [9.17, 15) is 0 Å². The third-order valence-corrected chi connectivity index (χ3v) is 5.39. The molecule has 1 saturated heterocycles. The molecular formula is C19H21Cl2N2O2+. The number of halogens is 2. The lowest BCUT2D eigenvalue weighted by atomic mass is 10.1. The van der Waals surface area contributed by atoms with E-state index in [-0.39, 0.29) is 0 Å². The molecule has 0 bridgehead atoms. The van der Waals surface area contributed by atoms with Gasteiger partial charge in [-0.25, -0.2) is 0 Å². The Labute approximate surface area is 157 Å². The quantitative estimate of drug-likeness (QED) is 0.887. The molecule has 4 rings (SSSR count). The number of nitrogens with one attached hydrogen (secondary N) is 1. The van der Waals surface area contributed by atoms with Gasteiger partial charge in [0, 0.05) is 10.6 Å². The van der Waals surface area contributed by atoms with Crippen LogP contribution in [0.3, 0.4) is 0 Å². The van der Waals surface area contributed by atoms with E-state index in [1.165, 1.54) is 10.5 Å². The largest absolute Gasteiger partial charge is 0.467 e. The highest BCUT2D eigenvalue weighted by molar-refractivity contribution is 6.33. The molecule has 2 aliphatic rings. The zero-order chi connectivity index (χ0) is 17.2. The van der Waals surface area contributed by atoms with Crippen LogP contribution >= 0.6 is 23.2 Å². The molecule has 1 N–H and O–H groups in total. The van der Waals surface area contributed by atoms with Gasteiger partial charge in [-0.1, -0.05) is 35.3 Å². The van der Waals surface area contributed by atoms with E-state index in [1.54, 1.807) is 0 Å². The molecular weight excluding hydrogens is 359 g/mol. The van der Waals surface area contributed by atoms with E-state index < -0.39 is 0 Å². The Kier molecular flexibility index (Phi) is 5.04.